The molecule has 3 rings (SSSR count). The maximum absolute atomic E-state index is 9.33. The summed E-state index contributed by atoms with van der Waals surface area (Å²) in [5.41, 5.74) is 2.46. The minimum atomic E-state index is 0.214. The molecule has 22 heavy (non-hydrogen) atoms. The Morgan fingerprint density at radius 3 is 2.23 bits per heavy atom. The van der Waals surface area contributed by atoms with Crippen molar-refractivity contribution in [1.82, 2.24) is 5.16 Å². The first kappa shape index (κ1) is 15.1. The molecule has 0 spiro atoms. The van der Waals surface area contributed by atoms with Gasteiger partial charge in [0.2, 0.25) is 0 Å². The highest BCUT2D eigenvalue weighted by Crippen LogP contribution is 2.38. The quantitative estimate of drug-likeness (QED) is 0.623. The largest absolute Gasteiger partial charge is 0.508 e. The molecule has 4 nitrogen and oxygen atoms in total. The van der Waals surface area contributed by atoms with Gasteiger partial charge in [0.05, 0.1) is 16.1 Å². The number of nitrogens with zero attached hydrogens (tertiary/aromatic N) is 1. The van der Waals surface area contributed by atoms with Gasteiger partial charge in [0.25, 0.3) is 0 Å². The van der Waals surface area contributed by atoms with Crippen molar-refractivity contribution in [2.45, 2.75) is 0 Å². The highest BCUT2D eigenvalue weighted by molar-refractivity contribution is 9.11. The van der Waals surface area contributed by atoms with Crippen LogP contribution in [0, 0.1) is 0 Å². The van der Waals surface area contributed by atoms with E-state index in [-0.39, 0.29) is 5.75 Å². The van der Waals surface area contributed by atoms with Crippen molar-refractivity contribution in [3.8, 4) is 34.1 Å². The van der Waals surface area contributed by atoms with Crippen molar-refractivity contribution in [3.05, 3.63) is 51.4 Å². The van der Waals surface area contributed by atoms with Crippen LogP contribution in [0.1, 0.15) is 0 Å². The van der Waals surface area contributed by atoms with Crippen LogP contribution in [0.3, 0.4) is 0 Å². The summed E-state index contributed by atoms with van der Waals surface area (Å²) in [7, 11) is 1.61. The van der Waals surface area contributed by atoms with Gasteiger partial charge < -0.3 is 14.4 Å². The number of ether oxygens (including phenoxy) is 1. The predicted octanol–water partition coefficient (Wildman–Crippen LogP) is 5.25. The number of rotatable bonds is 3. The first-order valence-electron chi connectivity index (χ1n) is 6.38. The normalized spacial score (nSPS) is 10.7. The first-order chi connectivity index (χ1) is 10.6. The van der Waals surface area contributed by atoms with E-state index in [1.54, 1.807) is 31.4 Å². The number of hydrogen-bond donors (Lipinski definition) is 1. The van der Waals surface area contributed by atoms with Crippen molar-refractivity contribution in [2.24, 2.45) is 0 Å². The molecule has 0 aliphatic carbocycles. The van der Waals surface area contributed by atoms with Gasteiger partial charge in [-0.25, -0.2) is 0 Å². The predicted molar refractivity (Wildman–Crippen MR) is 91.0 cm³/mol. The molecule has 0 radical (unpaired) electrons. The third-order valence-electron chi connectivity index (χ3n) is 3.16. The van der Waals surface area contributed by atoms with E-state index in [4.69, 9.17) is 9.26 Å². The zero-order valence-electron chi connectivity index (χ0n) is 11.5. The molecule has 0 aliphatic rings. The first-order valence-corrected chi connectivity index (χ1v) is 7.96. The molecule has 1 aromatic heterocycles. The van der Waals surface area contributed by atoms with E-state index in [1.165, 1.54) is 0 Å². The van der Waals surface area contributed by atoms with E-state index in [2.05, 4.69) is 37.0 Å². The Labute approximate surface area is 144 Å². The third-order valence-corrected chi connectivity index (χ3v) is 4.34. The SMILES string of the molecule is COc1c(Br)cc(-c2cc(-c3ccc(O)cc3)on2)cc1Br. The van der Waals surface area contributed by atoms with Gasteiger partial charge >= 0.3 is 0 Å². The van der Waals surface area contributed by atoms with Gasteiger partial charge in [-0.1, -0.05) is 5.16 Å². The molecule has 112 valence electrons. The van der Waals surface area contributed by atoms with Crippen molar-refractivity contribution < 1.29 is 14.4 Å². The molecule has 0 aliphatic heterocycles. The fourth-order valence-electron chi connectivity index (χ4n) is 2.08. The minimum Gasteiger partial charge on any atom is -0.508 e. The van der Waals surface area contributed by atoms with Crippen LogP contribution in [-0.2, 0) is 0 Å². The lowest BCUT2D eigenvalue weighted by atomic mass is 10.1. The standard InChI is InChI=1S/C16H11Br2NO3/c1-21-16-12(17)6-10(7-13(16)18)14-8-15(22-19-14)9-2-4-11(20)5-3-9/h2-8,20H,1H3. The van der Waals surface area contributed by atoms with Crippen LogP contribution >= 0.6 is 31.9 Å². The Balaban J connectivity index is 1.99. The molecule has 0 saturated heterocycles. The molecule has 0 fully saturated rings. The van der Waals surface area contributed by atoms with E-state index in [1.807, 2.05) is 18.2 Å². The lowest BCUT2D eigenvalue weighted by molar-refractivity contribution is 0.409. The Morgan fingerprint density at radius 2 is 1.64 bits per heavy atom. The molecule has 1 heterocycles. The van der Waals surface area contributed by atoms with Crippen LogP contribution in [0.25, 0.3) is 22.6 Å². The number of methoxy groups -OCH3 is 1. The fourth-order valence-corrected chi connectivity index (χ4v) is 3.59. The second-order valence-corrected chi connectivity index (χ2v) is 6.31. The van der Waals surface area contributed by atoms with Gasteiger partial charge in [-0.3, -0.25) is 0 Å². The Hall–Kier alpha value is -1.79. The Morgan fingerprint density at radius 1 is 1.00 bits per heavy atom. The van der Waals surface area contributed by atoms with Crippen LogP contribution in [0.15, 0.2) is 55.9 Å². The molecule has 0 unspecified atom stereocenters. The average molecular weight is 425 g/mol. The van der Waals surface area contributed by atoms with E-state index < -0.39 is 0 Å². The van der Waals surface area contributed by atoms with Gasteiger partial charge in [-0.05, 0) is 68.3 Å². The molecule has 0 bridgehead atoms. The monoisotopic (exact) mass is 423 g/mol. The van der Waals surface area contributed by atoms with Gasteiger partial charge in [0.1, 0.15) is 17.2 Å². The van der Waals surface area contributed by atoms with Crippen molar-refractivity contribution in [2.75, 3.05) is 7.11 Å². The zero-order chi connectivity index (χ0) is 15.7. The van der Waals surface area contributed by atoms with Gasteiger partial charge in [0.15, 0.2) is 5.76 Å². The van der Waals surface area contributed by atoms with Crippen LogP contribution in [0.2, 0.25) is 0 Å². The summed E-state index contributed by atoms with van der Waals surface area (Å²) in [4.78, 5) is 0. The number of benzene rings is 2. The highest BCUT2D eigenvalue weighted by atomic mass is 79.9. The van der Waals surface area contributed by atoms with Crippen LogP contribution in [0.5, 0.6) is 11.5 Å². The van der Waals surface area contributed by atoms with E-state index in [0.29, 0.717) is 11.5 Å². The molecular formula is C16H11Br2NO3. The maximum atomic E-state index is 9.33. The molecule has 0 amide bonds. The zero-order valence-corrected chi connectivity index (χ0v) is 14.7. The minimum absolute atomic E-state index is 0.214. The van der Waals surface area contributed by atoms with Gasteiger partial charge in [-0.2, -0.15) is 0 Å². The number of aromatic hydroxyl groups is 1. The highest BCUT2D eigenvalue weighted by Gasteiger charge is 2.13. The Kier molecular flexibility index (Phi) is 4.22. The summed E-state index contributed by atoms with van der Waals surface area (Å²) in [5.74, 6) is 1.58. The second-order valence-electron chi connectivity index (χ2n) is 4.60. The van der Waals surface area contributed by atoms with Crippen LogP contribution < -0.4 is 4.74 Å². The number of hydrogen-bond acceptors (Lipinski definition) is 4. The summed E-state index contributed by atoms with van der Waals surface area (Å²) in [6.45, 7) is 0. The van der Waals surface area contributed by atoms with E-state index in [9.17, 15) is 5.11 Å². The molecule has 0 atom stereocenters. The summed E-state index contributed by atoms with van der Waals surface area (Å²) >= 11 is 6.95. The second kappa shape index (κ2) is 6.14. The third kappa shape index (κ3) is 2.89. The molecule has 3 aromatic rings. The topological polar surface area (TPSA) is 55.5 Å². The van der Waals surface area contributed by atoms with Crippen molar-refractivity contribution in [3.63, 3.8) is 0 Å². The lowest BCUT2D eigenvalue weighted by Gasteiger charge is -2.07. The van der Waals surface area contributed by atoms with E-state index in [0.717, 1.165) is 25.8 Å². The summed E-state index contributed by atoms with van der Waals surface area (Å²) < 4.78 is 12.3. The summed E-state index contributed by atoms with van der Waals surface area (Å²) in [5, 5.41) is 13.4. The van der Waals surface area contributed by atoms with Gasteiger partial charge in [-0.15, -0.1) is 0 Å². The summed E-state index contributed by atoms with van der Waals surface area (Å²) in [6, 6.07) is 12.5. The number of aromatic nitrogens is 1. The maximum Gasteiger partial charge on any atom is 0.167 e. The molecule has 0 saturated carbocycles. The van der Waals surface area contributed by atoms with Crippen LogP contribution in [-0.4, -0.2) is 17.4 Å². The molecule has 1 N–H and O–H groups in total. The molecular weight excluding hydrogens is 414 g/mol. The molecule has 6 heteroatoms. The smallest absolute Gasteiger partial charge is 0.167 e. The lowest BCUT2D eigenvalue weighted by Crippen LogP contribution is -1.87. The van der Waals surface area contributed by atoms with Gasteiger partial charge in [0, 0.05) is 17.2 Å². The number of halogens is 2. The van der Waals surface area contributed by atoms with Crippen molar-refractivity contribution >= 4 is 31.9 Å². The average Bonchev–Trinajstić information content (AvgIpc) is 2.97. The number of phenolic OH excluding ortho intramolecular Hbond substituents is 1. The van der Waals surface area contributed by atoms with E-state index >= 15 is 0 Å². The number of phenols is 1. The molecule has 2 aromatic carbocycles. The summed E-state index contributed by atoms with van der Waals surface area (Å²) in [6.07, 6.45) is 0. The van der Waals surface area contributed by atoms with Crippen LogP contribution in [0.4, 0.5) is 0 Å². The van der Waals surface area contributed by atoms with Crippen molar-refractivity contribution in [1.29, 1.82) is 0 Å². The fraction of sp³-hybridized carbons (Fsp3) is 0.0625. The Bertz CT molecular complexity index is 790.